The quantitative estimate of drug-likeness (QED) is 0.748. The van der Waals surface area contributed by atoms with Gasteiger partial charge in [0, 0.05) is 23.0 Å². The Hall–Kier alpha value is -2.29. The van der Waals surface area contributed by atoms with Gasteiger partial charge < -0.3 is 10.1 Å². The molecule has 1 aromatic heterocycles. The molecule has 0 bridgehead atoms. The first-order valence-corrected chi connectivity index (χ1v) is 8.57. The van der Waals surface area contributed by atoms with Crippen molar-refractivity contribution in [2.75, 3.05) is 0 Å². The molecule has 0 radical (unpaired) electrons. The van der Waals surface area contributed by atoms with E-state index in [9.17, 15) is 5.11 Å². The third-order valence-electron chi connectivity index (χ3n) is 5.13. The standard InChI is InChI=1S/C21H26N2O/c1-6-16-14(3)18(23-15(16)4)12-21(5)11-13(2)10-19(24)20(21)17-8-7-9-22-17/h7-12,20,22,24H,6H2,1-5H3/b18-12-. The van der Waals surface area contributed by atoms with Gasteiger partial charge in [-0.3, -0.25) is 4.99 Å². The van der Waals surface area contributed by atoms with E-state index in [1.165, 1.54) is 11.1 Å². The summed E-state index contributed by atoms with van der Waals surface area (Å²) in [5.41, 5.74) is 6.48. The average molecular weight is 322 g/mol. The maximum atomic E-state index is 10.7. The molecule has 126 valence electrons. The van der Waals surface area contributed by atoms with Gasteiger partial charge in [-0.2, -0.15) is 0 Å². The molecule has 0 aromatic carbocycles. The zero-order chi connectivity index (χ0) is 17.5. The van der Waals surface area contributed by atoms with Gasteiger partial charge >= 0.3 is 0 Å². The molecule has 1 aromatic rings. The molecule has 2 N–H and O–H groups in total. The zero-order valence-corrected chi connectivity index (χ0v) is 15.1. The van der Waals surface area contributed by atoms with E-state index in [0.29, 0.717) is 5.76 Å². The maximum Gasteiger partial charge on any atom is 0.103 e. The number of aromatic amines is 1. The number of nitrogens with one attached hydrogen (secondary N) is 1. The number of H-pyrrole nitrogens is 1. The zero-order valence-electron chi connectivity index (χ0n) is 15.1. The summed E-state index contributed by atoms with van der Waals surface area (Å²) in [4.78, 5) is 8.06. The molecule has 2 atom stereocenters. The highest BCUT2D eigenvalue weighted by molar-refractivity contribution is 6.03. The number of aliphatic imine (C=N–C) groups is 1. The summed E-state index contributed by atoms with van der Waals surface area (Å²) in [6.45, 7) is 10.6. The van der Waals surface area contributed by atoms with Crippen LogP contribution in [0.15, 0.2) is 69.7 Å². The van der Waals surface area contributed by atoms with E-state index in [1.807, 2.05) is 31.3 Å². The van der Waals surface area contributed by atoms with Crippen LogP contribution in [0.3, 0.4) is 0 Å². The van der Waals surface area contributed by atoms with Gasteiger partial charge in [0.2, 0.25) is 0 Å². The first-order chi connectivity index (χ1) is 11.4. The largest absolute Gasteiger partial charge is 0.512 e. The summed E-state index contributed by atoms with van der Waals surface area (Å²) in [5, 5.41) is 10.7. The second kappa shape index (κ2) is 5.97. The van der Waals surface area contributed by atoms with E-state index in [1.54, 1.807) is 0 Å². The molecule has 1 aliphatic heterocycles. The third kappa shape index (κ3) is 2.68. The molecule has 3 heteroatoms. The first kappa shape index (κ1) is 16.6. The molecule has 2 heterocycles. The molecule has 0 fully saturated rings. The lowest BCUT2D eigenvalue weighted by Gasteiger charge is -2.35. The van der Waals surface area contributed by atoms with Crippen molar-refractivity contribution in [1.29, 1.82) is 0 Å². The van der Waals surface area contributed by atoms with Crippen molar-refractivity contribution < 1.29 is 5.11 Å². The van der Waals surface area contributed by atoms with Gasteiger partial charge in [-0.05, 0) is 62.6 Å². The molecule has 1 aliphatic carbocycles. The van der Waals surface area contributed by atoms with Crippen LogP contribution < -0.4 is 0 Å². The summed E-state index contributed by atoms with van der Waals surface area (Å²) >= 11 is 0. The summed E-state index contributed by atoms with van der Waals surface area (Å²) in [6.07, 6.45) is 9.20. The topological polar surface area (TPSA) is 48.4 Å². The van der Waals surface area contributed by atoms with Gasteiger partial charge in [0.05, 0.1) is 11.6 Å². The second-order valence-corrected chi connectivity index (χ2v) is 7.07. The molecule has 0 saturated carbocycles. The average Bonchev–Trinajstić information content (AvgIpc) is 3.07. The lowest BCUT2D eigenvalue weighted by molar-refractivity contribution is 0.299. The summed E-state index contributed by atoms with van der Waals surface area (Å²) in [7, 11) is 0. The van der Waals surface area contributed by atoms with E-state index in [-0.39, 0.29) is 11.3 Å². The van der Waals surface area contributed by atoms with Crippen LogP contribution in [0.1, 0.15) is 52.7 Å². The molecule has 0 spiro atoms. The van der Waals surface area contributed by atoms with Crippen LogP contribution in [0.5, 0.6) is 0 Å². The lowest BCUT2D eigenvalue weighted by atomic mass is 9.69. The summed E-state index contributed by atoms with van der Waals surface area (Å²) in [5.74, 6) is 0.269. The van der Waals surface area contributed by atoms with Crippen molar-refractivity contribution in [3.63, 3.8) is 0 Å². The fourth-order valence-electron chi connectivity index (χ4n) is 4.11. The molecule has 0 amide bonds. The van der Waals surface area contributed by atoms with Gasteiger partial charge in [0.25, 0.3) is 0 Å². The van der Waals surface area contributed by atoms with Gasteiger partial charge in [-0.25, -0.2) is 0 Å². The molecule has 0 saturated heterocycles. The predicted octanol–water partition coefficient (Wildman–Crippen LogP) is 5.59. The molecule has 3 nitrogen and oxygen atoms in total. The minimum Gasteiger partial charge on any atom is -0.512 e. The maximum absolute atomic E-state index is 10.7. The van der Waals surface area contributed by atoms with Crippen LogP contribution >= 0.6 is 0 Å². The number of aromatic nitrogens is 1. The minimum absolute atomic E-state index is 0.127. The number of nitrogens with zero attached hydrogens (tertiary/aromatic N) is 1. The minimum atomic E-state index is -0.336. The highest BCUT2D eigenvalue weighted by atomic mass is 16.3. The van der Waals surface area contributed by atoms with Crippen LogP contribution in [-0.4, -0.2) is 15.8 Å². The highest BCUT2D eigenvalue weighted by Gasteiger charge is 2.38. The van der Waals surface area contributed by atoms with Crippen molar-refractivity contribution in [3.05, 3.63) is 70.4 Å². The van der Waals surface area contributed by atoms with Gasteiger partial charge in [-0.1, -0.05) is 25.5 Å². The number of hydrogen-bond acceptors (Lipinski definition) is 2. The van der Waals surface area contributed by atoms with E-state index < -0.39 is 0 Å². The Labute approximate surface area is 144 Å². The summed E-state index contributed by atoms with van der Waals surface area (Å²) in [6, 6.07) is 4.00. The van der Waals surface area contributed by atoms with Crippen molar-refractivity contribution in [1.82, 2.24) is 4.98 Å². The fraction of sp³-hybridized carbons (Fsp3) is 0.381. The monoisotopic (exact) mass is 322 g/mol. The Kier molecular flexibility index (Phi) is 4.12. The number of aliphatic hydroxyl groups is 1. The molecule has 3 rings (SSSR count). The molecule has 24 heavy (non-hydrogen) atoms. The summed E-state index contributed by atoms with van der Waals surface area (Å²) < 4.78 is 0. The highest BCUT2D eigenvalue weighted by Crippen LogP contribution is 2.47. The van der Waals surface area contributed by atoms with Crippen LogP contribution in [-0.2, 0) is 0 Å². The van der Waals surface area contributed by atoms with Crippen molar-refractivity contribution >= 4 is 5.71 Å². The van der Waals surface area contributed by atoms with Crippen LogP contribution in [0.2, 0.25) is 0 Å². The number of aliphatic hydroxyl groups excluding tert-OH is 1. The Morgan fingerprint density at radius 3 is 2.67 bits per heavy atom. The molecule has 2 unspecified atom stereocenters. The van der Waals surface area contributed by atoms with Gasteiger partial charge in [-0.15, -0.1) is 0 Å². The van der Waals surface area contributed by atoms with E-state index in [2.05, 4.69) is 44.8 Å². The number of rotatable bonds is 3. The second-order valence-electron chi connectivity index (χ2n) is 7.07. The van der Waals surface area contributed by atoms with Crippen molar-refractivity contribution in [2.24, 2.45) is 10.4 Å². The van der Waals surface area contributed by atoms with E-state index in [4.69, 9.17) is 4.99 Å². The normalized spacial score (nSPS) is 29.0. The molecular formula is C21H26N2O. The van der Waals surface area contributed by atoms with Crippen molar-refractivity contribution in [3.8, 4) is 0 Å². The van der Waals surface area contributed by atoms with Crippen molar-refractivity contribution in [2.45, 2.75) is 47.0 Å². The predicted molar refractivity (Wildman–Crippen MR) is 100 cm³/mol. The first-order valence-electron chi connectivity index (χ1n) is 8.57. The lowest BCUT2D eigenvalue weighted by Crippen LogP contribution is -2.27. The van der Waals surface area contributed by atoms with E-state index >= 15 is 0 Å². The van der Waals surface area contributed by atoms with Crippen LogP contribution in [0, 0.1) is 5.41 Å². The smallest absolute Gasteiger partial charge is 0.103 e. The number of hydrogen-bond donors (Lipinski definition) is 2. The van der Waals surface area contributed by atoms with Crippen LogP contribution in [0.25, 0.3) is 0 Å². The number of allylic oxidation sites excluding steroid dienone is 7. The Balaban J connectivity index is 2.12. The molecule has 2 aliphatic rings. The van der Waals surface area contributed by atoms with Crippen LogP contribution in [0.4, 0.5) is 0 Å². The Morgan fingerprint density at radius 1 is 1.33 bits per heavy atom. The van der Waals surface area contributed by atoms with Gasteiger partial charge in [0.15, 0.2) is 0 Å². The Bertz CT molecular complexity index is 803. The third-order valence-corrected chi connectivity index (χ3v) is 5.13. The van der Waals surface area contributed by atoms with E-state index in [0.717, 1.165) is 29.1 Å². The molecular weight excluding hydrogens is 296 g/mol. The van der Waals surface area contributed by atoms with Gasteiger partial charge in [0.1, 0.15) is 5.76 Å². The Morgan fingerprint density at radius 2 is 2.08 bits per heavy atom. The fourth-order valence-corrected chi connectivity index (χ4v) is 4.11. The SMILES string of the molecule is CCC1=C(C)/C(=C/C2(C)C=C(C)C=C(O)C2c2ccc[nH]2)N=C1C.